The topological polar surface area (TPSA) is 74.8 Å². The molecule has 2 amide bonds. The third-order valence-electron chi connectivity index (χ3n) is 11.9. The van der Waals surface area contributed by atoms with E-state index >= 15 is 0 Å². The maximum atomic E-state index is 13.5. The van der Waals surface area contributed by atoms with Crippen molar-refractivity contribution >= 4 is 34.4 Å². The van der Waals surface area contributed by atoms with Gasteiger partial charge in [0.15, 0.2) is 5.78 Å². The normalized spacial score (nSPS) is 22.1. The molecule has 2 spiro atoms. The molecule has 2 saturated heterocycles. The summed E-state index contributed by atoms with van der Waals surface area (Å²) >= 11 is 5.61. The lowest BCUT2D eigenvalue weighted by molar-refractivity contribution is -0.137. The van der Waals surface area contributed by atoms with Crippen LogP contribution in [0.1, 0.15) is 117 Å². The molecule has 2 aliphatic carbocycles. The maximum absolute atomic E-state index is 13.5. The molecule has 4 aliphatic rings. The number of hydrogen-bond acceptors (Lipinski definition) is 4. The highest BCUT2D eigenvalue weighted by Gasteiger charge is 2.52. The first-order chi connectivity index (χ1) is 24.9. The van der Waals surface area contributed by atoms with Gasteiger partial charge in [-0.25, -0.2) is 8.78 Å². The number of nitrogens with zero attached hydrogens (tertiary/aromatic N) is 2. The van der Waals surface area contributed by atoms with Crippen molar-refractivity contribution in [1.82, 2.24) is 9.80 Å². The third-order valence-corrected chi connectivity index (χ3v) is 12.0. The number of rotatable bonds is 8. The van der Waals surface area contributed by atoms with Crippen molar-refractivity contribution in [3.8, 4) is 0 Å². The second kappa shape index (κ2) is 16.0. The summed E-state index contributed by atoms with van der Waals surface area (Å²) in [4.78, 5) is 54.1. The first-order valence-corrected chi connectivity index (χ1v) is 19.2. The SMILES string of the molecule is Cc1ccc(C2CC3(CCCCC3)N(CC(=O)Cc3cc(F)cc(F)c3)C2=O)cc1.Cc1ccc(C2CC3(CCCCC3)N(CC(=O)Cl)C2=O)cc1. The molecular formula is C43H49ClF2N2O4. The molecule has 0 aromatic heterocycles. The predicted molar refractivity (Wildman–Crippen MR) is 198 cm³/mol. The van der Waals surface area contributed by atoms with Crippen molar-refractivity contribution in [2.75, 3.05) is 13.1 Å². The summed E-state index contributed by atoms with van der Waals surface area (Å²) in [5.74, 6) is -1.88. The molecule has 0 radical (unpaired) electrons. The fourth-order valence-corrected chi connectivity index (χ4v) is 9.39. The molecule has 3 aromatic rings. The van der Waals surface area contributed by atoms with Crippen molar-refractivity contribution in [2.45, 2.75) is 120 Å². The second-order valence-electron chi connectivity index (χ2n) is 15.6. The van der Waals surface area contributed by atoms with Crippen molar-refractivity contribution in [3.05, 3.63) is 106 Å². The van der Waals surface area contributed by atoms with Gasteiger partial charge in [-0.15, -0.1) is 0 Å². The van der Waals surface area contributed by atoms with E-state index in [0.29, 0.717) is 5.56 Å². The van der Waals surface area contributed by atoms with Gasteiger partial charge in [0.1, 0.15) is 11.6 Å². The highest BCUT2D eigenvalue weighted by molar-refractivity contribution is 6.64. The quantitative estimate of drug-likeness (QED) is 0.217. The molecule has 0 bridgehead atoms. The summed E-state index contributed by atoms with van der Waals surface area (Å²) in [5, 5.41) is -0.442. The van der Waals surface area contributed by atoms with Gasteiger partial charge in [-0.2, -0.15) is 0 Å². The van der Waals surface area contributed by atoms with Crippen LogP contribution in [0.3, 0.4) is 0 Å². The van der Waals surface area contributed by atoms with Crippen molar-refractivity contribution < 1.29 is 28.0 Å². The minimum Gasteiger partial charge on any atom is -0.329 e. The van der Waals surface area contributed by atoms with Crippen LogP contribution in [0.15, 0.2) is 66.7 Å². The lowest BCUT2D eigenvalue weighted by Crippen LogP contribution is -2.49. The zero-order chi connectivity index (χ0) is 37.0. The first kappa shape index (κ1) is 37.8. The van der Waals surface area contributed by atoms with E-state index in [4.69, 9.17) is 11.6 Å². The molecule has 6 nitrogen and oxygen atoms in total. The minimum atomic E-state index is -0.696. The van der Waals surface area contributed by atoms with Crippen LogP contribution in [0.4, 0.5) is 8.78 Å². The average Bonchev–Trinajstić information content (AvgIpc) is 3.51. The van der Waals surface area contributed by atoms with Crippen LogP contribution < -0.4 is 0 Å². The van der Waals surface area contributed by atoms with E-state index in [0.717, 1.165) is 93.4 Å². The van der Waals surface area contributed by atoms with Crippen LogP contribution >= 0.6 is 11.6 Å². The van der Waals surface area contributed by atoms with Crippen LogP contribution in [0.2, 0.25) is 0 Å². The molecular weight excluding hydrogens is 682 g/mol. The van der Waals surface area contributed by atoms with E-state index in [9.17, 15) is 28.0 Å². The van der Waals surface area contributed by atoms with Crippen molar-refractivity contribution in [3.63, 3.8) is 0 Å². The summed E-state index contributed by atoms with van der Waals surface area (Å²) in [6.07, 6.45) is 12.0. The fourth-order valence-electron chi connectivity index (χ4n) is 9.27. The van der Waals surface area contributed by atoms with Crippen LogP contribution in [-0.2, 0) is 25.6 Å². The Bertz CT molecular complexity index is 1760. The molecule has 9 heteroatoms. The van der Waals surface area contributed by atoms with Gasteiger partial charge >= 0.3 is 0 Å². The number of carbonyl (C=O) groups is 4. The zero-order valence-corrected chi connectivity index (χ0v) is 31.0. The first-order valence-electron chi connectivity index (χ1n) is 18.8. The zero-order valence-electron chi connectivity index (χ0n) is 30.3. The summed E-state index contributed by atoms with van der Waals surface area (Å²) < 4.78 is 27.0. The van der Waals surface area contributed by atoms with Crippen molar-refractivity contribution in [1.29, 1.82) is 0 Å². The Morgan fingerprint density at radius 2 is 1.06 bits per heavy atom. The molecule has 3 aromatic carbocycles. The largest absolute Gasteiger partial charge is 0.329 e. The van der Waals surface area contributed by atoms with Crippen molar-refractivity contribution in [2.24, 2.45) is 0 Å². The summed E-state index contributed by atoms with van der Waals surface area (Å²) in [7, 11) is 0. The van der Waals surface area contributed by atoms with Gasteiger partial charge in [0.25, 0.3) is 0 Å². The molecule has 7 rings (SSSR count). The number of aryl methyl sites for hydroxylation is 2. The van der Waals surface area contributed by atoms with Crippen LogP contribution in [0.5, 0.6) is 0 Å². The maximum Gasteiger partial charge on any atom is 0.241 e. The highest BCUT2D eigenvalue weighted by atomic mass is 35.5. The van der Waals surface area contributed by atoms with E-state index in [1.54, 1.807) is 9.80 Å². The lowest BCUT2D eigenvalue weighted by Gasteiger charge is -2.41. The molecule has 2 atom stereocenters. The van der Waals surface area contributed by atoms with Gasteiger partial charge in [0, 0.05) is 23.6 Å². The summed E-state index contributed by atoms with van der Waals surface area (Å²) in [6, 6.07) is 19.4. The van der Waals surface area contributed by atoms with Gasteiger partial charge < -0.3 is 9.80 Å². The Morgan fingerprint density at radius 1 is 0.654 bits per heavy atom. The Balaban J connectivity index is 0.000000187. The Kier molecular flexibility index (Phi) is 11.6. The second-order valence-corrected chi connectivity index (χ2v) is 16.0. The van der Waals surface area contributed by atoms with E-state index < -0.39 is 16.9 Å². The Labute approximate surface area is 310 Å². The third kappa shape index (κ3) is 8.33. The molecule has 2 heterocycles. The smallest absolute Gasteiger partial charge is 0.241 e. The fraction of sp³-hybridized carbons (Fsp3) is 0.488. The standard InChI is InChI=1S/C25H27F2NO2.C18H22ClNO2/c1-17-5-7-19(8-6-17)23-15-25(9-3-2-4-10-25)28(24(23)30)16-22(29)13-18-11-20(26)14-21(27)12-18;1-13-5-7-14(8-6-13)15-11-18(9-3-2-4-10-18)20(17(15)22)12-16(19)21/h5-8,11-12,14,23H,2-4,9-10,13,15-16H2,1H3;5-8,15H,2-4,9-12H2,1H3. The molecule has 2 aliphatic heterocycles. The lowest BCUT2D eigenvalue weighted by atomic mass is 9.77. The molecule has 4 fully saturated rings. The molecule has 276 valence electrons. The number of likely N-dealkylation sites (tertiary alicyclic amines) is 2. The highest BCUT2D eigenvalue weighted by Crippen LogP contribution is 2.49. The predicted octanol–water partition coefficient (Wildman–Crippen LogP) is 8.88. The van der Waals surface area contributed by atoms with Gasteiger partial charge in [0.05, 0.1) is 24.9 Å². The van der Waals surface area contributed by atoms with Gasteiger partial charge in [0.2, 0.25) is 17.1 Å². The van der Waals surface area contributed by atoms with Gasteiger partial charge in [-0.3, -0.25) is 19.2 Å². The minimum absolute atomic E-state index is 0.000439. The van der Waals surface area contributed by atoms with E-state index in [-0.39, 0.29) is 60.0 Å². The number of hydrogen-bond donors (Lipinski definition) is 0. The number of ketones is 1. The Morgan fingerprint density at radius 3 is 1.46 bits per heavy atom. The van der Waals surface area contributed by atoms with Gasteiger partial charge in [-0.1, -0.05) is 98.2 Å². The van der Waals surface area contributed by atoms with Gasteiger partial charge in [-0.05, 0) is 92.8 Å². The molecule has 2 saturated carbocycles. The number of carbonyl (C=O) groups excluding carboxylic acids is 4. The van der Waals surface area contributed by atoms with E-state index in [1.807, 2.05) is 62.4 Å². The van der Waals surface area contributed by atoms with Crippen LogP contribution in [0.25, 0.3) is 0 Å². The molecule has 52 heavy (non-hydrogen) atoms. The summed E-state index contributed by atoms with van der Waals surface area (Å²) in [5.41, 5.74) is 4.25. The molecule has 0 N–H and O–H groups in total. The average molecular weight is 731 g/mol. The van der Waals surface area contributed by atoms with E-state index in [1.165, 1.54) is 24.1 Å². The van der Waals surface area contributed by atoms with E-state index in [2.05, 4.69) is 0 Å². The monoisotopic (exact) mass is 730 g/mol. The number of amides is 2. The number of Topliss-reactive ketones (excluding diaryl/α,β-unsaturated/α-hetero) is 1. The number of halogens is 3. The molecule has 2 unspecified atom stereocenters. The Hall–Kier alpha value is -3.91. The van der Waals surface area contributed by atoms with Crippen LogP contribution in [0, 0.1) is 25.5 Å². The summed E-state index contributed by atoms with van der Waals surface area (Å²) in [6.45, 7) is 4.10. The number of benzene rings is 3. The van der Waals surface area contributed by atoms with Crippen LogP contribution in [-0.4, -0.2) is 56.8 Å².